The number of rotatable bonds is 6. The number of benzene rings is 2. The first-order chi connectivity index (χ1) is 17.4. The van der Waals surface area contributed by atoms with Gasteiger partial charge in [-0.05, 0) is 69.6 Å². The molecule has 9 nitrogen and oxygen atoms in total. The van der Waals surface area contributed by atoms with Crippen molar-refractivity contribution in [2.24, 2.45) is 0 Å². The van der Waals surface area contributed by atoms with Crippen molar-refractivity contribution in [2.45, 2.75) is 43.8 Å². The van der Waals surface area contributed by atoms with E-state index < -0.39 is 34.3 Å². The van der Waals surface area contributed by atoms with Crippen LogP contribution in [0.2, 0.25) is 0 Å². The third-order valence-corrected chi connectivity index (χ3v) is 8.44. The predicted molar refractivity (Wildman–Crippen MR) is 138 cm³/mol. The van der Waals surface area contributed by atoms with Gasteiger partial charge in [0.25, 0.3) is 10.0 Å². The Morgan fingerprint density at radius 3 is 2.32 bits per heavy atom. The number of hydrogen-bond donors (Lipinski definition) is 1. The van der Waals surface area contributed by atoms with Gasteiger partial charge < -0.3 is 19.2 Å². The van der Waals surface area contributed by atoms with Crippen LogP contribution in [0.4, 0.5) is 0 Å². The van der Waals surface area contributed by atoms with Crippen LogP contribution in [0.1, 0.15) is 38.1 Å². The van der Waals surface area contributed by atoms with Crippen molar-refractivity contribution in [3.05, 3.63) is 78.6 Å². The molecule has 4 aromatic rings. The summed E-state index contributed by atoms with van der Waals surface area (Å²) in [5.41, 5.74) is -0.350. The quantitative estimate of drug-likeness (QED) is 0.379. The highest BCUT2D eigenvalue weighted by Gasteiger charge is 2.51. The lowest BCUT2D eigenvalue weighted by Crippen LogP contribution is -2.41. The van der Waals surface area contributed by atoms with Crippen LogP contribution in [0.15, 0.2) is 78.0 Å². The first kappa shape index (κ1) is 25.0. The third kappa shape index (κ3) is 4.39. The fraction of sp³-hybridized carbons (Fsp3) is 0.231. The largest absolute Gasteiger partial charge is 0.494 e. The molecular weight excluding hydrogens is 495 g/mol. The number of fused-ring (bicyclic) bond motifs is 1. The van der Waals surface area contributed by atoms with Gasteiger partial charge in [0.2, 0.25) is 0 Å². The molecule has 0 bridgehead atoms. The lowest BCUT2D eigenvalue weighted by atomic mass is 9.78. The topological polar surface area (TPSA) is 117 Å². The second-order valence-electron chi connectivity index (χ2n) is 9.76. The van der Waals surface area contributed by atoms with Crippen LogP contribution in [0, 0.1) is 0 Å². The Kier molecular flexibility index (Phi) is 5.89. The van der Waals surface area contributed by atoms with Crippen LogP contribution in [-0.2, 0) is 19.3 Å². The van der Waals surface area contributed by atoms with Crippen molar-refractivity contribution in [3.63, 3.8) is 0 Å². The highest BCUT2D eigenvalue weighted by Crippen LogP contribution is 2.37. The second kappa shape index (κ2) is 8.72. The predicted octanol–water partition coefficient (Wildman–Crippen LogP) is 4.06. The summed E-state index contributed by atoms with van der Waals surface area (Å²) in [4.78, 5) is 16.3. The Bertz CT molecular complexity index is 1600. The van der Waals surface area contributed by atoms with E-state index in [0.29, 0.717) is 10.8 Å². The Balaban J connectivity index is 1.48. The van der Waals surface area contributed by atoms with Crippen LogP contribution < -0.4 is 10.2 Å². The summed E-state index contributed by atoms with van der Waals surface area (Å²) in [6.45, 7) is 7.73. The zero-order valence-corrected chi connectivity index (χ0v) is 21.5. The van der Waals surface area contributed by atoms with Gasteiger partial charge in [-0.25, -0.2) is 22.2 Å². The molecule has 0 spiro atoms. The zero-order chi connectivity index (χ0) is 26.6. The number of hydrogen-bond acceptors (Lipinski definition) is 7. The molecule has 190 valence electrons. The van der Waals surface area contributed by atoms with Gasteiger partial charge in [-0.1, -0.05) is 24.3 Å². The van der Waals surface area contributed by atoms with Crippen LogP contribution in [0.25, 0.3) is 11.0 Å². The molecule has 11 heteroatoms. The number of carboxylic acid groups (broad SMARTS) is 1. The monoisotopic (exact) mass is 520 g/mol. The molecule has 0 atom stereocenters. The molecule has 0 aliphatic carbocycles. The van der Waals surface area contributed by atoms with Crippen LogP contribution >= 0.6 is 0 Å². The van der Waals surface area contributed by atoms with E-state index in [9.17, 15) is 18.3 Å². The third-order valence-electron chi connectivity index (χ3n) is 6.76. The molecule has 37 heavy (non-hydrogen) atoms. The van der Waals surface area contributed by atoms with E-state index in [0.717, 1.165) is 3.97 Å². The van der Waals surface area contributed by atoms with E-state index in [1.165, 1.54) is 30.6 Å². The van der Waals surface area contributed by atoms with Crippen molar-refractivity contribution in [3.8, 4) is 11.5 Å². The minimum absolute atomic E-state index is 0.0513. The van der Waals surface area contributed by atoms with E-state index in [2.05, 4.69) is 4.98 Å². The first-order valence-corrected chi connectivity index (χ1v) is 13.0. The van der Waals surface area contributed by atoms with E-state index in [1.54, 1.807) is 42.5 Å². The number of aromatic carboxylic acids is 1. The first-order valence-electron chi connectivity index (χ1n) is 11.6. The average molecular weight is 520 g/mol. The second-order valence-corrected chi connectivity index (χ2v) is 11.6. The van der Waals surface area contributed by atoms with Gasteiger partial charge in [0.05, 0.1) is 22.3 Å². The molecule has 0 radical (unpaired) electrons. The molecule has 1 saturated heterocycles. The Hall–Kier alpha value is -3.67. The number of pyridine rings is 1. The molecule has 0 saturated carbocycles. The molecule has 0 amide bonds. The SMILES string of the molecule is CC1(C)OB(c2ccc(C(=O)O)c(Oc3cnc4c(ccn4S(=O)(=O)c4ccccc4)c3)c2)OC1(C)C. The molecule has 1 aliphatic rings. The molecule has 5 rings (SSSR count). The molecule has 1 fully saturated rings. The Morgan fingerprint density at radius 2 is 1.68 bits per heavy atom. The summed E-state index contributed by atoms with van der Waals surface area (Å²) in [7, 11) is -4.54. The average Bonchev–Trinajstić information content (AvgIpc) is 3.36. The van der Waals surface area contributed by atoms with Gasteiger partial charge in [0.1, 0.15) is 17.1 Å². The van der Waals surface area contributed by atoms with E-state index in [1.807, 2.05) is 27.7 Å². The van der Waals surface area contributed by atoms with Gasteiger partial charge >= 0.3 is 13.1 Å². The van der Waals surface area contributed by atoms with Crippen molar-refractivity contribution < 1.29 is 32.4 Å². The smallest absolute Gasteiger partial charge is 0.478 e. The van der Waals surface area contributed by atoms with Gasteiger partial charge in [-0.3, -0.25) is 0 Å². The Morgan fingerprint density at radius 1 is 1.00 bits per heavy atom. The number of aromatic nitrogens is 2. The summed E-state index contributed by atoms with van der Waals surface area (Å²) >= 11 is 0. The standard InChI is InChI=1S/C26H25BN2O7S/c1-25(2)26(3,4)36-27(35-25)18-10-11-21(24(30)31)22(15-18)34-19-14-17-12-13-29(23(17)28-16-19)37(32,33)20-8-6-5-7-9-20/h5-16H,1-4H3,(H,30,31). The summed E-state index contributed by atoms with van der Waals surface area (Å²) in [6, 6.07) is 15.9. The van der Waals surface area contributed by atoms with Crippen LogP contribution in [0.5, 0.6) is 11.5 Å². The minimum Gasteiger partial charge on any atom is -0.478 e. The number of nitrogens with zero attached hydrogens (tertiary/aromatic N) is 2. The lowest BCUT2D eigenvalue weighted by Gasteiger charge is -2.32. The number of ether oxygens (including phenoxy) is 1. The van der Waals surface area contributed by atoms with Gasteiger partial charge in [0.15, 0.2) is 5.65 Å². The zero-order valence-electron chi connectivity index (χ0n) is 20.7. The maximum atomic E-state index is 13.1. The van der Waals surface area contributed by atoms with E-state index in [-0.39, 0.29) is 27.6 Å². The summed E-state index contributed by atoms with van der Waals surface area (Å²) in [5, 5.41) is 10.2. The summed E-state index contributed by atoms with van der Waals surface area (Å²) < 4.78 is 45.3. The molecular formula is C26H25BN2O7S. The van der Waals surface area contributed by atoms with Crippen molar-refractivity contribution in [2.75, 3.05) is 0 Å². The molecule has 2 aromatic heterocycles. The highest BCUT2D eigenvalue weighted by molar-refractivity contribution is 7.90. The van der Waals surface area contributed by atoms with Crippen molar-refractivity contribution >= 4 is 39.6 Å². The van der Waals surface area contributed by atoms with Gasteiger partial charge in [-0.2, -0.15) is 0 Å². The van der Waals surface area contributed by atoms with Crippen molar-refractivity contribution in [1.29, 1.82) is 0 Å². The lowest BCUT2D eigenvalue weighted by molar-refractivity contribution is 0.00578. The van der Waals surface area contributed by atoms with Crippen LogP contribution in [0.3, 0.4) is 0 Å². The van der Waals surface area contributed by atoms with Crippen molar-refractivity contribution in [1.82, 2.24) is 8.96 Å². The molecule has 2 aromatic carbocycles. The summed E-state index contributed by atoms with van der Waals surface area (Å²) in [6.07, 6.45) is 2.78. The van der Waals surface area contributed by atoms with Crippen LogP contribution in [-0.4, -0.2) is 46.8 Å². The molecule has 0 unspecified atom stereocenters. The number of carbonyl (C=O) groups is 1. The highest BCUT2D eigenvalue weighted by atomic mass is 32.2. The minimum atomic E-state index is -3.84. The molecule has 1 aliphatic heterocycles. The van der Waals surface area contributed by atoms with Gasteiger partial charge in [0, 0.05) is 11.6 Å². The molecule has 3 heterocycles. The van der Waals surface area contributed by atoms with E-state index in [4.69, 9.17) is 14.0 Å². The van der Waals surface area contributed by atoms with Gasteiger partial charge in [-0.15, -0.1) is 0 Å². The molecule has 1 N–H and O–H groups in total. The number of carboxylic acids is 1. The fourth-order valence-corrected chi connectivity index (χ4v) is 5.32. The van der Waals surface area contributed by atoms with E-state index >= 15 is 0 Å². The maximum Gasteiger partial charge on any atom is 0.494 e. The fourth-order valence-electron chi connectivity index (χ4n) is 3.99. The maximum absolute atomic E-state index is 13.1. The normalized spacial score (nSPS) is 16.7. The summed E-state index contributed by atoms with van der Waals surface area (Å²) in [5.74, 6) is -0.835. The Labute approximate surface area is 214 Å².